The van der Waals surface area contributed by atoms with Gasteiger partial charge in [-0.15, -0.1) is 0 Å². The molecule has 0 aliphatic heterocycles. The van der Waals surface area contributed by atoms with Crippen LogP contribution in [0.4, 0.5) is 0 Å². The zero-order valence-corrected chi connectivity index (χ0v) is 9.60. The molecule has 0 aromatic carbocycles. The number of rotatable bonds is 1. The summed E-state index contributed by atoms with van der Waals surface area (Å²) in [5.41, 5.74) is 0.735. The van der Waals surface area contributed by atoms with Crippen LogP contribution in [0.25, 0.3) is 0 Å². The third-order valence-electron chi connectivity index (χ3n) is 2.66. The molecule has 0 spiro atoms. The minimum atomic E-state index is -3.27. The Kier molecular flexibility index (Phi) is 2.42. The highest BCUT2D eigenvalue weighted by Gasteiger charge is 2.28. The molecule has 4 nitrogen and oxygen atoms in total. The topological polar surface area (TPSA) is 75.1 Å². The summed E-state index contributed by atoms with van der Waals surface area (Å²) < 4.78 is 23.1. The van der Waals surface area contributed by atoms with E-state index in [0.29, 0.717) is 28.9 Å². The van der Waals surface area contributed by atoms with Crippen molar-refractivity contribution in [3.63, 3.8) is 0 Å². The zero-order chi connectivity index (χ0) is 11.9. The van der Waals surface area contributed by atoms with Crippen molar-refractivity contribution in [2.75, 3.05) is 6.26 Å². The predicted molar refractivity (Wildman–Crippen MR) is 61.1 cm³/mol. The Morgan fingerprint density at radius 1 is 1.31 bits per heavy atom. The van der Waals surface area contributed by atoms with Crippen LogP contribution in [-0.2, 0) is 14.6 Å². The Morgan fingerprint density at radius 2 is 2.00 bits per heavy atom. The summed E-state index contributed by atoms with van der Waals surface area (Å²) in [6, 6.07) is 0. The van der Waals surface area contributed by atoms with Gasteiger partial charge in [-0.25, -0.2) is 8.42 Å². The second kappa shape index (κ2) is 3.52. The van der Waals surface area contributed by atoms with Gasteiger partial charge in [-0.2, -0.15) is 0 Å². The van der Waals surface area contributed by atoms with Crippen LogP contribution >= 0.6 is 0 Å². The number of carbonyl (C=O) groups is 1. The third-order valence-corrected chi connectivity index (χ3v) is 3.98. The Balaban J connectivity index is 2.69. The van der Waals surface area contributed by atoms with Gasteiger partial charge in [0.2, 0.25) is 5.78 Å². The molecular weight excluding hydrogens is 226 g/mol. The molecule has 5 heteroatoms. The van der Waals surface area contributed by atoms with E-state index in [1.54, 1.807) is 12.2 Å². The lowest BCUT2D eigenvalue weighted by atomic mass is 9.88. The van der Waals surface area contributed by atoms with Crippen LogP contribution in [0.1, 0.15) is 12.8 Å². The fourth-order valence-corrected chi connectivity index (χ4v) is 2.98. The van der Waals surface area contributed by atoms with E-state index < -0.39 is 15.6 Å². The van der Waals surface area contributed by atoms with Gasteiger partial charge >= 0.3 is 0 Å². The number of hydrogen-bond acceptors (Lipinski definition) is 4. The van der Waals surface area contributed by atoms with E-state index >= 15 is 0 Å². The number of carbonyl (C=O) groups excluding carboxylic acids is 1. The maximum Gasteiger partial charge on any atom is 0.210 e. The zero-order valence-electron chi connectivity index (χ0n) is 8.78. The minimum absolute atomic E-state index is 0.0928. The molecule has 0 fully saturated rings. The van der Waals surface area contributed by atoms with Crippen LogP contribution in [0.2, 0.25) is 0 Å². The average molecular weight is 237 g/mol. The highest BCUT2D eigenvalue weighted by molar-refractivity contribution is 7.94. The van der Waals surface area contributed by atoms with Crippen molar-refractivity contribution in [2.45, 2.75) is 12.8 Å². The van der Waals surface area contributed by atoms with E-state index in [0.717, 1.165) is 6.26 Å². The molecule has 1 N–H and O–H groups in total. The van der Waals surface area contributed by atoms with Crippen molar-refractivity contribution in [2.24, 2.45) is 0 Å². The van der Waals surface area contributed by atoms with E-state index in [-0.39, 0.29) is 5.71 Å². The molecule has 16 heavy (non-hydrogen) atoms. The van der Waals surface area contributed by atoms with Gasteiger partial charge in [0.05, 0.1) is 4.91 Å². The molecule has 0 unspecified atom stereocenters. The summed E-state index contributed by atoms with van der Waals surface area (Å²) in [7, 11) is -3.27. The largest absolute Gasteiger partial charge is 0.297 e. The first-order valence-electron chi connectivity index (χ1n) is 4.86. The van der Waals surface area contributed by atoms with Crippen LogP contribution in [0.15, 0.2) is 34.3 Å². The maximum absolute atomic E-state index is 11.7. The standard InChI is InChI=1S/C11H11NO3S/c1-16(14,15)10-4-2-3-8-7(10)5-6-9(12)11(8)13/h3,5-6,12H,2,4H2,1H3. The van der Waals surface area contributed by atoms with Gasteiger partial charge in [0.15, 0.2) is 9.84 Å². The van der Waals surface area contributed by atoms with Gasteiger partial charge in [-0.1, -0.05) is 12.2 Å². The lowest BCUT2D eigenvalue weighted by Gasteiger charge is -2.20. The molecule has 0 aromatic heterocycles. The van der Waals surface area contributed by atoms with E-state index in [4.69, 9.17) is 5.41 Å². The Labute approximate surface area is 93.8 Å². The van der Waals surface area contributed by atoms with Crippen LogP contribution in [0.3, 0.4) is 0 Å². The van der Waals surface area contributed by atoms with Gasteiger partial charge in [0.1, 0.15) is 5.71 Å². The molecule has 2 rings (SSSR count). The number of nitrogens with one attached hydrogen (secondary N) is 1. The lowest BCUT2D eigenvalue weighted by molar-refractivity contribution is -0.109. The van der Waals surface area contributed by atoms with E-state index in [1.807, 2.05) is 0 Å². The summed E-state index contributed by atoms with van der Waals surface area (Å²) in [5.74, 6) is -0.390. The van der Waals surface area contributed by atoms with E-state index in [9.17, 15) is 13.2 Å². The maximum atomic E-state index is 11.7. The first-order chi connectivity index (χ1) is 7.41. The van der Waals surface area contributed by atoms with E-state index in [2.05, 4.69) is 0 Å². The molecule has 2 aliphatic rings. The van der Waals surface area contributed by atoms with Gasteiger partial charge in [-0.3, -0.25) is 10.2 Å². The first-order valence-corrected chi connectivity index (χ1v) is 6.75. The quantitative estimate of drug-likeness (QED) is 0.743. The predicted octanol–water partition coefficient (Wildman–Crippen LogP) is 1.16. The number of fused-ring (bicyclic) bond motifs is 1. The van der Waals surface area contributed by atoms with Crippen LogP contribution in [-0.4, -0.2) is 26.2 Å². The van der Waals surface area contributed by atoms with Crippen molar-refractivity contribution >= 4 is 21.3 Å². The number of ketones is 1. The second-order valence-corrected chi connectivity index (χ2v) is 5.88. The van der Waals surface area contributed by atoms with Crippen molar-refractivity contribution in [1.82, 2.24) is 0 Å². The molecule has 0 heterocycles. The summed E-state index contributed by atoms with van der Waals surface area (Å²) >= 11 is 0. The highest BCUT2D eigenvalue weighted by Crippen LogP contribution is 2.32. The van der Waals surface area contributed by atoms with Crippen molar-refractivity contribution in [3.8, 4) is 0 Å². The molecule has 2 aliphatic carbocycles. The highest BCUT2D eigenvalue weighted by atomic mass is 32.2. The minimum Gasteiger partial charge on any atom is -0.297 e. The van der Waals surface area contributed by atoms with Crippen LogP contribution < -0.4 is 0 Å². The SMILES string of the molecule is CS(=O)(=O)C1=C2C=CC(=N)C(=O)C2=CCC1. The van der Waals surface area contributed by atoms with Gasteiger partial charge in [-0.05, 0) is 24.5 Å². The Morgan fingerprint density at radius 3 is 2.62 bits per heavy atom. The molecule has 0 radical (unpaired) electrons. The van der Waals surface area contributed by atoms with Gasteiger partial charge < -0.3 is 0 Å². The molecular formula is C11H11NO3S. The number of allylic oxidation sites excluding steroid dienone is 6. The van der Waals surface area contributed by atoms with Crippen molar-refractivity contribution in [1.29, 1.82) is 5.41 Å². The van der Waals surface area contributed by atoms with Gasteiger partial charge in [0, 0.05) is 11.8 Å². The smallest absolute Gasteiger partial charge is 0.210 e. The van der Waals surface area contributed by atoms with Crippen molar-refractivity contribution < 1.29 is 13.2 Å². The third kappa shape index (κ3) is 1.67. The molecule has 0 saturated carbocycles. The summed E-state index contributed by atoms with van der Waals surface area (Å²) in [6.45, 7) is 0. The Bertz CT molecular complexity index is 576. The van der Waals surface area contributed by atoms with Crippen molar-refractivity contribution in [3.05, 3.63) is 34.3 Å². The van der Waals surface area contributed by atoms with Crippen LogP contribution in [0.5, 0.6) is 0 Å². The lowest BCUT2D eigenvalue weighted by Crippen LogP contribution is -2.22. The molecule has 0 saturated heterocycles. The fourth-order valence-electron chi connectivity index (χ4n) is 1.91. The fraction of sp³-hybridized carbons (Fsp3) is 0.273. The summed E-state index contributed by atoms with van der Waals surface area (Å²) in [5, 5.41) is 7.39. The average Bonchev–Trinajstić information content (AvgIpc) is 2.21. The molecule has 84 valence electrons. The Hall–Kier alpha value is -1.49. The molecule has 0 aromatic rings. The monoisotopic (exact) mass is 237 g/mol. The van der Waals surface area contributed by atoms with Crippen LogP contribution in [0, 0.1) is 5.41 Å². The van der Waals surface area contributed by atoms with Gasteiger partial charge in [0.25, 0.3) is 0 Å². The first kappa shape index (κ1) is 11.0. The second-order valence-electron chi connectivity index (χ2n) is 3.84. The summed E-state index contributed by atoms with van der Waals surface area (Å²) in [4.78, 5) is 12.0. The normalized spacial score (nSPS) is 20.9. The molecule has 0 atom stereocenters. The van der Waals surface area contributed by atoms with E-state index in [1.165, 1.54) is 6.08 Å². The summed E-state index contributed by atoms with van der Waals surface area (Å²) in [6.07, 6.45) is 6.73. The molecule has 0 bridgehead atoms. The number of hydrogen-bond donors (Lipinski definition) is 1. The molecule has 0 amide bonds. The number of sulfone groups is 1. The number of Topliss-reactive ketones (excluding diaryl/α,β-unsaturated/α-hetero) is 1.